The van der Waals surface area contributed by atoms with Crippen LogP contribution in [0.4, 0.5) is 51.1 Å². The SMILES string of the molecule is Cc1cc2c(cc1C(F)(F)F)N(CC1CC1)CCC[C@@H]2N(Cc1cc(C(F)(F)F)cc(C(F)(F)F)c1)c1nnn(CCN2C(=O)c3ccccc3C2=O)n1. The minimum Gasteiger partial charge on any atom is -0.371 e. The van der Waals surface area contributed by atoms with E-state index in [4.69, 9.17) is 0 Å². The lowest BCUT2D eigenvalue weighted by molar-refractivity contribution is -0.143. The van der Waals surface area contributed by atoms with Gasteiger partial charge < -0.3 is 9.80 Å². The number of nitrogens with zero attached hydrogens (tertiary/aromatic N) is 7. The molecular formula is C36H32F9N7O2. The fourth-order valence-corrected chi connectivity index (χ4v) is 7.15. The molecule has 1 atom stereocenters. The lowest BCUT2D eigenvalue weighted by atomic mass is 9.94. The normalized spacial score (nSPS) is 17.9. The van der Waals surface area contributed by atoms with Crippen molar-refractivity contribution >= 4 is 23.5 Å². The number of hydrogen-bond acceptors (Lipinski definition) is 7. The van der Waals surface area contributed by atoms with Crippen molar-refractivity contribution in [1.82, 2.24) is 25.1 Å². The molecule has 54 heavy (non-hydrogen) atoms. The van der Waals surface area contributed by atoms with Crippen molar-refractivity contribution in [2.45, 2.75) is 70.3 Å². The smallest absolute Gasteiger partial charge is 0.371 e. The summed E-state index contributed by atoms with van der Waals surface area (Å²) in [4.78, 5) is 31.0. The first-order valence-corrected chi connectivity index (χ1v) is 17.1. The van der Waals surface area contributed by atoms with E-state index in [1.54, 1.807) is 12.1 Å². The molecule has 0 spiro atoms. The van der Waals surface area contributed by atoms with Gasteiger partial charge >= 0.3 is 18.5 Å². The van der Waals surface area contributed by atoms with Gasteiger partial charge in [-0.15, -0.1) is 5.10 Å². The molecule has 0 radical (unpaired) electrons. The van der Waals surface area contributed by atoms with E-state index in [9.17, 15) is 49.1 Å². The lowest BCUT2D eigenvalue weighted by Gasteiger charge is -2.33. The van der Waals surface area contributed by atoms with Crippen LogP contribution in [0.1, 0.15) is 85.8 Å². The summed E-state index contributed by atoms with van der Waals surface area (Å²) in [6.07, 6.45) is -12.5. The number of imide groups is 1. The van der Waals surface area contributed by atoms with Crippen molar-refractivity contribution in [2.75, 3.05) is 29.4 Å². The van der Waals surface area contributed by atoms with Crippen molar-refractivity contribution in [3.8, 4) is 0 Å². The molecule has 1 fully saturated rings. The Morgan fingerprint density at radius 1 is 0.796 bits per heavy atom. The van der Waals surface area contributed by atoms with Gasteiger partial charge in [0.1, 0.15) is 0 Å². The summed E-state index contributed by atoms with van der Waals surface area (Å²) in [5, 5.41) is 12.5. The van der Waals surface area contributed by atoms with Gasteiger partial charge in [0.05, 0.1) is 46.9 Å². The topological polar surface area (TPSA) is 87.5 Å². The lowest BCUT2D eigenvalue weighted by Crippen LogP contribution is -2.33. The largest absolute Gasteiger partial charge is 0.416 e. The molecule has 3 aliphatic rings. The van der Waals surface area contributed by atoms with Gasteiger partial charge in [0.2, 0.25) is 0 Å². The van der Waals surface area contributed by atoms with Crippen molar-refractivity contribution in [3.05, 3.63) is 99.1 Å². The predicted octanol–water partition coefficient (Wildman–Crippen LogP) is 8.09. The quantitative estimate of drug-likeness (QED) is 0.126. The summed E-state index contributed by atoms with van der Waals surface area (Å²) in [6.45, 7) is 1.16. The first-order chi connectivity index (χ1) is 25.4. The molecule has 3 heterocycles. The molecule has 2 amide bonds. The Morgan fingerprint density at radius 3 is 2.00 bits per heavy atom. The second kappa shape index (κ2) is 13.6. The van der Waals surface area contributed by atoms with Crippen molar-refractivity contribution < 1.29 is 49.1 Å². The van der Waals surface area contributed by atoms with Crippen LogP contribution in [0.3, 0.4) is 0 Å². The summed E-state index contributed by atoms with van der Waals surface area (Å²) in [6, 6.07) is 8.93. The maximum Gasteiger partial charge on any atom is 0.416 e. The highest BCUT2D eigenvalue weighted by Gasteiger charge is 2.40. The van der Waals surface area contributed by atoms with E-state index in [0.29, 0.717) is 37.2 Å². The number of fused-ring (bicyclic) bond motifs is 2. The van der Waals surface area contributed by atoms with Gasteiger partial charge in [-0.05, 0) is 96.8 Å². The predicted molar refractivity (Wildman–Crippen MR) is 175 cm³/mol. The number of tetrazole rings is 1. The summed E-state index contributed by atoms with van der Waals surface area (Å²) in [5.74, 6) is -1.03. The third kappa shape index (κ3) is 7.46. The fraction of sp³-hybridized carbons (Fsp3) is 0.417. The molecule has 9 nitrogen and oxygen atoms in total. The van der Waals surface area contributed by atoms with Gasteiger partial charge in [0.15, 0.2) is 0 Å². The number of halogens is 9. The van der Waals surface area contributed by atoms with Crippen LogP contribution in [0.25, 0.3) is 0 Å². The zero-order valence-electron chi connectivity index (χ0n) is 28.6. The molecule has 18 heteroatoms. The Hall–Kier alpha value is -5.16. The number of benzene rings is 3. The number of carbonyl (C=O) groups is 2. The summed E-state index contributed by atoms with van der Waals surface area (Å²) < 4.78 is 126. The molecule has 4 aromatic rings. The third-order valence-electron chi connectivity index (χ3n) is 9.94. The maximum atomic E-state index is 14.2. The van der Waals surface area contributed by atoms with Gasteiger partial charge in [-0.2, -0.15) is 44.3 Å². The Labute approximate surface area is 302 Å². The Morgan fingerprint density at radius 2 is 1.43 bits per heavy atom. The van der Waals surface area contributed by atoms with Crippen LogP contribution >= 0.6 is 0 Å². The summed E-state index contributed by atoms with van der Waals surface area (Å²) >= 11 is 0. The van der Waals surface area contributed by atoms with Gasteiger partial charge in [0.25, 0.3) is 17.8 Å². The average molecular weight is 766 g/mol. The number of alkyl halides is 9. The van der Waals surface area contributed by atoms with Crippen LogP contribution in [0.15, 0.2) is 54.6 Å². The molecular weight excluding hydrogens is 733 g/mol. The van der Waals surface area contributed by atoms with Crippen LogP contribution in [0.5, 0.6) is 0 Å². The van der Waals surface area contributed by atoms with Crippen LogP contribution in [-0.2, 0) is 31.6 Å². The molecule has 7 rings (SSSR count). The highest BCUT2D eigenvalue weighted by atomic mass is 19.4. The zero-order chi connectivity index (χ0) is 38.7. The van der Waals surface area contributed by atoms with Gasteiger partial charge in [-0.1, -0.05) is 23.3 Å². The molecule has 1 saturated carbocycles. The van der Waals surface area contributed by atoms with Crippen LogP contribution in [0.2, 0.25) is 0 Å². The van der Waals surface area contributed by atoms with E-state index < -0.39 is 65.2 Å². The third-order valence-corrected chi connectivity index (χ3v) is 9.94. The molecule has 0 bridgehead atoms. The molecule has 286 valence electrons. The van der Waals surface area contributed by atoms with E-state index >= 15 is 0 Å². The number of amides is 2. The highest BCUT2D eigenvalue weighted by Crippen LogP contribution is 2.45. The minimum absolute atomic E-state index is 0.0142. The number of carbonyl (C=O) groups excluding carboxylic acids is 2. The Kier molecular flexibility index (Phi) is 9.36. The minimum atomic E-state index is -5.13. The van der Waals surface area contributed by atoms with Crippen LogP contribution in [-0.4, -0.2) is 56.6 Å². The summed E-state index contributed by atoms with van der Waals surface area (Å²) in [5.41, 5.74) is -3.38. The Bertz CT molecular complexity index is 2020. The molecule has 2 aliphatic heterocycles. The molecule has 1 aromatic heterocycles. The van der Waals surface area contributed by atoms with Crippen molar-refractivity contribution in [3.63, 3.8) is 0 Å². The standard InChI is InChI=1S/C36H32F9N7O2/c1-20-13-27-29(7-4-10-49(18-21-8-9-21)30(27)17-28(20)36(43,44)45)51(19-22-14-23(34(37,38)39)16-24(15-22)35(40,41)42)33-46-48-52(47-33)12-11-50-31(53)25-5-2-3-6-26(25)32(50)54/h2-3,5-6,13-17,21,29H,4,7-12,18-19H2,1H3/t29-/m0/s1. The number of anilines is 2. The molecule has 3 aromatic carbocycles. The van der Waals surface area contributed by atoms with E-state index in [1.165, 1.54) is 30.0 Å². The van der Waals surface area contributed by atoms with E-state index in [2.05, 4.69) is 15.4 Å². The number of hydrogen-bond donors (Lipinski definition) is 0. The Balaban J connectivity index is 1.29. The highest BCUT2D eigenvalue weighted by molar-refractivity contribution is 6.21. The maximum absolute atomic E-state index is 14.2. The average Bonchev–Trinajstić information content (AvgIpc) is 3.78. The molecule has 0 unspecified atom stereocenters. The second-order valence-corrected chi connectivity index (χ2v) is 13.8. The number of aryl methyl sites for hydroxylation is 1. The molecule has 0 saturated heterocycles. The second-order valence-electron chi connectivity index (χ2n) is 13.8. The number of aromatic nitrogens is 4. The molecule has 1 aliphatic carbocycles. The fourth-order valence-electron chi connectivity index (χ4n) is 7.15. The van der Waals surface area contributed by atoms with E-state index in [-0.39, 0.29) is 59.8 Å². The van der Waals surface area contributed by atoms with E-state index in [0.717, 1.165) is 28.6 Å². The van der Waals surface area contributed by atoms with Crippen molar-refractivity contribution in [2.24, 2.45) is 5.92 Å². The summed E-state index contributed by atoms with van der Waals surface area (Å²) in [7, 11) is 0. The first kappa shape index (κ1) is 37.2. The van der Waals surface area contributed by atoms with Crippen LogP contribution < -0.4 is 9.80 Å². The van der Waals surface area contributed by atoms with Gasteiger partial charge in [0, 0.05) is 25.3 Å². The zero-order valence-corrected chi connectivity index (χ0v) is 28.6. The monoisotopic (exact) mass is 765 g/mol. The number of rotatable bonds is 9. The van der Waals surface area contributed by atoms with Crippen LogP contribution in [0, 0.1) is 12.8 Å². The van der Waals surface area contributed by atoms with Crippen molar-refractivity contribution in [1.29, 1.82) is 0 Å². The van der Waals surface area contributed by atoms with E-state index in [1.807, 2.05) is 4.90 Å². The molecule has 0 N–H and O–H groups in total. The van der Waals surface area contributed by atoms with Gasteiger partial charge in [-0.25, -0.2) is 0 Å². The first-order valence-electron chi connectivity index (χ1n) is 17.1. The van der Waals surface area contributed by atoms with Gasteiger partial charge in [-0.3, -0.25) is 14.5 Å².